The Morgan fingerprint density at radius 2 is 1.87 bits per heavy atom. The summed E-state index contributed by atoms with van der Waals surface area (Å²) in [5.41, 5.74) is 8.37. The minimum Gasteiger partial charge on any atom is -0.492 e. The molecule has 0 bridgehead atoms. The van der Waals surface area contributed by atoms with Gasteiger partial charge in [0, 0.05) is 46.4 Å². The lowest BCUT2D eigenvalue weighted by molar-refractivity contribution is 0.0323. The lowest BCUT2D eigenvalue weighted by Crippen LogP contribution is -2.38. The molecular weight excluding hydrogens is 482 g/mol. The van der Waals surface area contributed by atoms with E-state index in [9.17, 15) is 0 Å². The van der Waals surface area contributed by atoms with Gasteiger partial charge < -0.3 is 20.5 Å². The molecule has 3 N–H and O–H groups in total. The van der Waals surface area contributed by atoms with E-state index in [1.165, 1.54) is 0 Å². The average Bonchev–Trinajstić information content (AvgIpc) is 2.77. The zero-order valence-corrected chi connectivity index (χ0v) is 19.2. The van der Waals surface area contributed by atoms with Crippen LogP contribution in [0.5, 0.6) is 5.75 Å². The highest BCUT2D eigenvalue weighted by Crippen LogP contribution is 2.33. The fourth-order valence-electron chi connectivity index (χ4n) is 3.29. The van der Waals surface area contributed by atoms with Crippen molar-refractivity contribution in [1.29, 1.82) is 0 Å². The molecule has 0 saturated carbocycles. The van der Waals surface area contributed by atoms with Gasteiger partial charge in [-0.25, -0.2) is 4.98 Å². The summed E-state index contributed by atoms with van der Waals surface area (Å²) < 4.78 is 12.4. The van der Waals surface area contributed by atoms with E-state index in [1.54, 1.807) is 0 Å². The predicted molar refractivity (Wildman–Crippen MR) is 127 cm³/mol. The van der Waals surface area contributed by atoms with Crippen LogP contribution in [0.4, 0.5) is 17.5 Å². The lowest BCUT2D eigenvalue weighted by Gasteiger charge is -2.26. The molecule has 3 aromatic rings. The van der Waals surface area contributed by atoms with Gasteiger partial charge in [-0.1, -0.05) is 27.5 Å². The molecule has 9 heteroatoms. The van der Waals surface area contributed by atoms with Gasteiger partial charge in [0.05, 0.1) is 18.9 Å². The molecule has 1 aliphatic rings. The number of nitrogens with two attached hydrogens (primary N) is 1. The second kappa shape index (κ2) is 10.3. The molecular formula is C22H23BrClN5O2. The molecule has 1 aromatic heterocycles. The van der Waals surface area contributed by atoms with Gasteiger partial charge >= 0.3 is 0 Å². The van der Waals surface area contributed by atoms with Crippen LogP contribution >= 0.6 is 27.5 Å². The number of nitrogens with zero attached hydrogens (tertiary/aromatic N) is 3. The van der Waals surface area contributed by atoms with Gasteiger partial charge in [-0.2, -0.15) is 4.98 Å². The Morgan fingerprint density at radius 1 is 1.10 bits per heavy atom. The molecule has 0 aliphatic carbocycles. The van der Waals surface area contributed by atoms with Crippen LogP contribution in [0.3, 0.4) is 0 Å². The number of hydrogen-bond donors (Lipinski definition) is 2. The molecule has 2 aromatic carbocycles. The van der Waals surface area contributed by atoms with Gasteiger partial charge in [-0.05, 0) is 42.5 Å². The third-order valence-electron chi connectivity index (χ3n) is 4.85. The van der Waals surface area contributed by atoms with E-state index in [0.29, 0.717) is 23.1 Å². The van der Waals surface area contributed by atoms with E-state index in [1.807, 2.05) is 48.5 Å². The molecule has 0 amide bonds. The second-order valence-corrected chi connectivity index (χ2v) is 8.42. The van der Waals surface area contributed by atoms with Crippen LogP contribution in [0.2, 0.25) is 5.02 Å². The number of benzene rings is 2. The number of aromatic nitrogens is 2. The largest absolute Gasteiger partial charge is 0.492 e. The van der Waals surface area contributed by atoms with Crippen molar-refractivity contribution in [2.45, 2.75) is 0 Å². The highest BCUT2D eigenvalue weighted by molar-refractivity contribution is 9.10. The molecule has 2 heterocycles. The van der Waals surface area contributed by atoms with Crippen molar-refractivity contribution in [2.75, 3.05) is 50.5 Å². The zero-order chi connectivity index (χ0) is 21.6. The monoisotopic (exact) mass is 503 g/mol. The minimum absolute atomic E-state index is 0.174. The number of anilines is 3. The molecule has 1 aliphatic heterocycles. The number of nitrogens with one attached hydrogen (secondary N) is 1. The first-order chi connectivity index (χ1) is 15.1. The Morgan fingerprint density at radius 3 is 2.65 bits per heavy atom. The van der Waals surface area contributed by atoms with Crippen molar-refractivity contribution in [3.8, 4) is 17.0 Å². The Balaban J connectivity index is 1.54. The first kappa shape index (κ1) is 21.8. The standard InChI is InChI=1S/C22H23BrClN5O2/c23-15-1-6-20(31-12-9-29-7-10-30-11-8-29)18(13-15)19-14-21(28-22(25)27-19)26-17-4-2-16(24)3-5-17/h1-6,13-14H,7-12H2,(H3,25,26,27,28). The van der Waals surface area contributed by atoms with Crippen molar-refractivity contribution in [2.24, 2.45) is 0 Å². The normalized spacial score (nSPS) is 14.4. The number of nitrogen functional groups attached to an aromatic ring is 1. The molecule has 162 valence electrons. The lowest BCUT2D eigenvalue weighted by atomic mass is 10.1. The molecule has 1 fully saturated rings. The molecule has 4 rings (SSSR count). The van der Waals surface area contributed by atoms with Gasteiger partial charge in [-0.3, -0.25) is 4.90 Å². The maximum Gasteiger partial charge on any atom is 0.222 e. The Bertz CT molecular complexity index is 1030. The summed E-state index contributed by atoms with van der Waals surface area (Å²) >= 11 is 9.51. The van der Waals surface area contributed by atoms with Crippen molar-refractivity contribution in [1.82, 2.24) is 14.9 Å². The number of ether oxygens (including phenoxy) is 2. The number of halogens is 2. The first-order valence-electron chi connectivity index (χ1n) is 9.97. The van der Waals surface area contributed by atoms with Gasteiger partial charge in [0.15, 0.2) is 0 Å². The minimum atomic E-state index is 0.174. The summed E-state index contributed by atoms with van der Waals surface area (Å²) in [6, 6.07) is 15.1. The maximum atomic E-state index is 6.12. The molecule has 0 radical (unpaired) electrons. The van der Waals surface area contributed by atoms with Crippen LogP contribution in [0.15, 0.2) is 53.0 Å². The summed E-state index contributed by atoms with van der Waals surface area (Å²) in [4.78, 5) is 11.1. The van der Waals surface area contributed by atoms with E-state index in [0.717, 1.165) is 54.3 Å². The molecule has 0 unspecified atom stereocenters. The summed E-state index contributed by atoms with van der Waals surface area (Å²) in [7, 11) is 0. The van der Waals surface area contributed by atoms with E-state index >= 15 is 0 Å². The predicted octanol–water partition coefficient (Wildman–Crippen LogP) is 4.60. The van der Waals surface area contributed by atoms with E-state index in [2.05, 4.69) is 36.1 Å². The number of morpholine rings is 1. The second-order valence-electron chi connectivity index (χ2n) is 7.07. The molecule has 1 saturated heterocycles. The van der Waals surface area contributed by atoms with Crippen molar-refractivity contribution >= 4 is 45.0 Å². The SMILES string of the molecule is Nc1nc(Nc2ccc(Cl)cc2)cc(-c2cc(Br)ccc2OCCN2CCOCC2)n1. The summed E-state index contributed by atoms with van der Waals surface area (Å²) in [6.45, 7) is 4.82. The average molecular weight is 505 g/mol. The smallest absolute Gasteiger partial charge is 0.222 e. The Hall–Kier alpha value is -2.39. The topological polar surface area (TPSA) is 85.5 Å². The van der Waals surface area contributed by atoms with Gasteiger partial charge in [0.25, 0.3) is 0 Å². The van der Waals surface area contributed by atoms with E-state index in [-0.39, 0.29) is 5.95 Å². The quantitative estimate of drug-likeness (QED) is 0.486. The highest BCUT2D eigenvalue weighted by atomic mass is 79.9. The first-order valence-corrected chi connectivity index (χ1v) is 11.1. The Kier molecular flexibility index (Phi) is 7.24. The third-order valence-corrected chi connectivity index (χ3v) is 5.59. The maximum absolute atomic E-state index is 6.12. The van der Waals surface area contributed by atoms with Crippen LogP contribution in [-0.4, -0.2) is 54.3 Å². The molecule has 7 nitrogen and oxygen atoms in total. The van der Waals surface area contributed by atoms with Crippen molar-refractivity contribution in [3.63, 3.8) is 0 Å². The number of rotatable bonds is 7. The number of hydrogen-bond acceptors (Lipinski definition) is 7. The summed E-state index contributed by atoms with van der Waals surface area (Å²) in [5, 5.41) is 3.91. The van der Waals surface area contributed by atoms with Crippen molar-refractivity contribution in [3.05, 3.63) is 58.0 Å². The van der Waals surface area contributed by atoms with Crippen LogP contribution in [-0.2, 0) is 4.74 Å². The third kappa shape index (κ3) is 6.07. The van der Waals surface area contributed by atoms with Crippen LogP contribution in [0, 0.1) is 0 Å². The van der Waals surface area contributed by atoms with E-state index in [4.69, 9.17) is 26.8 Å². The van der Waals surface area contributed by atoms with Crippen LogP contribution in [0.25, 0.3) is 11.3 Å². The highest BCUT2D eigenvalue weighted by Gasteiger charge is 2.14. The van der Waals surface area contributed by atoms with Gasteiger partial charge in [-0.15, -0.1) is 0 Å². The van der Waals surface area contributed by atoms with Crippen molar-refractivity contribution < 1.29 is 9.47 Å². The Labute approximate surface area is 194 Å². The molecule has 31 heavy (non-hydrogen) atoms. The molecule has 0 atom stereocenters. The van der Waals surface area contributed by atoms with E-state index < -0.39 is 0 Å². The summed E-state index contributed by atoms with van der Waals surface area (Å²) in [6.07, 6.45) is 0. The fourth-order valence-corrected chi connectivity index (χ4v) is 3.77. The van der Waals surface area contributed by atoms with Crippen LogP contribution < -0.4 is 15.8 Å². The summed E-state index contributed by atoms with van der Waals surface area (Å²) in [5.74, 6) is 1.50. The van der Waals surface area contributed by atoms with Gasteiger partial charge in [0.1, 0.15) is 18.2 Å². The van der Waals surface area contributed by atoms with Crippen LogP contribution in [0.1, 0.15) is 0 Å². The molecule has 0 spiro atoms. The zero-order valence-electron chi connectivity index (χ0n) is 16.9. The van der Waals surface area contributed by atoms with Gasteiger partial charge in [0.2, 0.25) is 5.95 Å². The fraction of sp³-hybridized carbons (Fsp3) is 0.273.